The van der Waals surface area contributed by atoms with Crippen LogP contribution in [0.15, 0.2) is 30.3 Å². The number of aromatic nitrogens is 2. The highest BCUT2D eigenvalue weighted by molar-refractivity contribution is 6.31. The van der Waals surface area contributed by atoms with Crippen molar-refractivity contribution in [2.45, 2.75) is 20.3 Å². The van der Waals surface area contributed by atoms with Crippen molar-refractivity contribution in [3.63, 3.8) is 0 Å². The molecule has 94 valence electrons. The van der Waals surface area contributed by atoms with Crippen molar-refractivity contribution in [2.24, 2.45) is 5.92 Å². The van der Waals surface area contributed by atoms with Gasteiger partial charge in [0.1, 0.15) is 5.15 Å². The number of benzene rings is 1. The third-order valence-electron chi connectivity index (χ3n) is 2.45. The minimum Gasteiger partial charge on any atom is -0.233 e. The van der Waals surface area contributed by atoms with Gasteiger partial charge in [-0.05, 0) is 30.5 Å². The minimum absolute atomic E-state index is 0.468. The average Bonchev–Trinajstić information content (AvgIpc) is 2.27. The van der Waals surface area contributed by atoms with Gasteiger partial charge in [0.25, 0.3) is 0 Å². The fourth-order valence-electron chi connectivity index (χ4n) is 1.74. The van der Waals surface area contributed by atoms with E-state index in [1.807, 2.05) is 30.3 Å². The second-order valence-corrected chi connectivity index (χ2v) is 5.44. The van der Waals surface area contributed by atoms with Gasteiger partial charge in [-0.25, -0.2) is 9.97 Å². The SMILES string of the molecule is CC(C)Cc1cc(Cl)nc(-c2cccc(Cl)c2)n1. The van der Waals surface area contributed by atoms with E-state index in [2.05, 4.69) is 23.8 Å². The van der Waals surface area contributed by atoms with Crippen LogP contribution in [0.2, 0.25) is 10.2 Å². The van der Waals surface area contributed by atoms with E-state index in [0.29, 0.717) is 21.9 Å². The van der Waals surface area contributed by atoms with Gasteiger partial charge in [0, 0.05) is 16.3 Å². The lowest BCUT2D eigenvalue weighted by molar-refractivity contribution is 0.634. The average molecular weight is 281 g/mol. The molecule has 0 radical (unpaired) electrons. The first kappa shape index (κ1) is 13.3. The highest BCUT2D eigenvalue weighted by Crippen LogP contribution is 2.22. The summed E-state index contributed by atoms with van der Waals surface area (Å²) in [6, 6.07) is 9.29. The molecule has 2 rings (SSSR count). The van der Waals surface area contributed by atoms with Crippen LogP contribution < -0.4 is 0 Å². The molecule has 0 aliphatic carbocycles. The van der Waals surface area contributed by atoms with E-state index in [0.717, 1.165) is 17.7 Å². The molecule has 2 nitrogen and oxygen atoms in total. The van der Waals surface area contributed by atoms with Crippen molar-refractivity contribution in [3.8, 4) is 11.4 Å². The molecule has 0 N–H and O–H groups in total. The first-order valence-corrected chi connectivity index (χ1v) is 6.59. The fourth-order valence-corrected chi connectivity index (χ4v) is 2.14. The van der Waals surface area contributed by atoms with Crippen molar-refractivity contribution >= 4 is 23.2 Å². The quantitative estimate of drug-likeness (QED) is 0.765. The van der Waals surface area contributed by atoms with Gasteiger partial charge < -0.3 is 0 Å². The molecule has 0 aliphatic heterocycles. The smallest absolute Gasteiger partial charge is 0.161 e. The maximum absolute atomic E-state index is 6.04. The Labute approximate surface area is 117 Å². The minimum atomic E-state index is 0.468. The summed E-state index contributed by atoms with van der Waals surface area (Å²) in [6.07, 6.45) is 0.885. The molecular formula is C14H14Cl2N2. The van der Waals surface area contributed by atoms with Crippen LogP contribution in [0.4, 0.5) is 0 Å². The Kier molecular flexibility index (Phi) is 4.20. The summed E-state index contributed by atoms with van der Waals surface area (Å²) in [4.78, 5) is 8.78. The molecule has 0 aliphatic rings. The summed E-state index contributed by atoms with van der Waals surface area (Å²) in [5.41, 5.74) is 1.84. The van der Waals surface area contributed by atoms with E-state index < -0.39 is 0 Å². The Balaban J connectivity index is 2.41. The monoisotopic (exact) mass is 280 g/mol. The zero-order valence-electron chi connectivity index (χ0n) is 10.3. The Morgan fingerprint density at radius 1 is 1.11 bits per heavy atom. The van der Waals surface area contributed by atoms with Crippen molar-refractivity contribution < 1.29 is 0 Å². The number of halogens is 2. The van der Waals surface area contributed by atoms with Crippen LogP contribution in [-0.4, -0.2) is 9.97 Å². The maximum atomic E-state index is 6.04. The van der Waals surface area contributed by atoms with Gasteiger partial charge in [0.2, 0.25) is 0 Å². The maximum Gasteiger partial charge on any atom is 0.161 e. The van der Waals surface area contributed by atoms with Gasteiger partial charge in [-0.15, -0.1) is 0 Å². The number of nitrogens with zero attached hydrogens (tertiary/aromatic N) is 2. The number of hydrogen-bond donors (Lipinski definition) is 0. The highest BCUT2D eigenvalue weighted by Gasteiger charge is 2.07. The van der Waals surface area contributed by atoms with Crippen LogP contribution in [0.3, 0.4) is 0 Å². The number of hydrogen-bond acceptors (Lipinski definition) is 2. The van der Waals surface area contributed by atoms with Crippen molar-refractivity contribution in [2.75, 3.05) is 0 Å². The second-order valence-electron chi connectivity index (χ2n) is 4.61. The molecular weight excluding hydrogens is 267 g/mol. The van der Waals surface area contributed by atoms with Gasteiger partial charge >= 0.3 is 0 Å². The molecule has 2 aromatic rings. The second kappa shape index (κ2) is 5.68. The molecule has 1 aromatic carbocycles. The van der Waals surface area contributed by atoms with Crippen molar-refractivity contribution in [1.29, 1.82) is 0 Å². The molecule has 1 aromatic heterocycles. The van der Waals surface area contributed by atoms with E-state index >= 15 is 0 Å². The third-order valence-corrected chi connectivity index (χ3v) is 2.88. The van der Waals surface area contributed by atoms with Crippen LogP contribution in [0, 0.1) is 5.92 Å². The Morgan fingerprint density at radius 3 is 2.56 bits per heavy atom. The Morgan fingerprint density at radius 2 is 1.89 bits per heavy atom. The molecule has 0 fully saturated rings. The predicted octanol–water partition coefficient (Wildman–Crippen LogP) is 4.65. The molecule has 1 heterocycles. The summed E-state index contributed by atoms with van der Waals surface area (Å²) < 4.78 is 0. The van der Waals surface area contributed by atoms with Gasteiger partial charge in [-0.3, -0.25) is 0 Å². The van der Waals surface area contributed by atoms with E-state index in [1.54, 1.807) is 0 Å². The third kappa shape index (κ3) is 3.44. The first-order valence-electron chi connectivity index (χ1n) is 5.84. The topological polar surface area (TPSA) is 25.8 Å². The van der Waals surface area contributed by atoms with Crippen LogP contribution >= 0.6 is 23.2 Å². The molecule has 0 bridgehead atoms. The number of rotatable bonds is 3. The standard InChI is InChI=1S/C14H14Cl2N2/c1-9(2)6-12-8-13(16)18-14(17-12)10-4-3-5-11(15)7-10/h3-5,7-9H,6H2,1-2H3. The largest absolute Gasteiger partial charge is 0.233 e. The Hall–Kier alpha value is -1.12. The molecule has 4 heteroatoms. The molecule has 0 saturated heterocycles. The summed E-state index contributed by atoms with van der Waals surface area (Å²) in [5.74, 6) is 1.16. The van der Waals surface area contributed by atoms with Gasteiger partial charge in [0.05, 0.1) is 0 Å². The van der Waals surface area contributed by atoms with E-state index in [-0.39, 0.29) is 0 Å². The van der Waals surface area contributed by atoms with Crippen molar-refractivity contribution in [1.82, 2.24) is 9.97 Å². The van der Waals surface area contributed by atoms with E-state index in [9.17, 15) is 0 Å². The van der Waals surface area contributed by atoms with E-state index in [4.69, 9.17) is 23.2 Å². The summed E-state index contributed by atoms with van der Waals surface area (Å²) in [5, 5.41) is 1.14. The Bertz CT molecular complexity index is 553. The lowest BCUT2D eigenvalue weighted by Crippen LogP contribution is -2.00. The molecule has 0 amide bonds. The molecule has 0 unspecified atom stereocenters. The lowest BCUT2D eigenvalue weighted by Gasteiger charge is -2.07. The normalized spacial score (nSPS) is 10.9. The summed E-state index contributed by atoms with van der Waals surface area (Å²) in [6.45, 7) is 4.30. The van der Waals surface area contributed by atoms with Crippen LogP contribution in [0.5, 0.6) is 0 Å². The molecule has 0 spiro atoms. The van der Waals surface area contributed by atoms with Crippen molar-refractivity contribution in [3.05, 3.63) is 46.2 Å². The van der Waals surface area contributed by atoms with Gasteiger partial charge in [-0.1, -0.05) is 49.2 Å². The van der Waals surface area contributed by atoms with E-state index in [1.165, 1.54) is 0 Å². The molecule has 18 heavy (non-hydrogen) atoms. The fraction of sp³-hybridized carbons (Fsp3) is 0.286. The predicted molar refractivity (Wildman–Crippen MR) is 76.0 cm³/mol. The molecule has 0 saturated carbocycles. The van der Waals surface area contributed by atoms with Gasteiger partial charge in [-0.2, -0.15) is 0 Å². The zero-order chi connectivity index (χ0) is 13.1. The first-order chi connectivity index (χ1) is 8.54. The van der Waals surface area contributed by atoms with Crippen LogP contribution in [0.25, 0.3) is 11.4 Å². The highest BCUT2D eigenvalue weighted by atomic mass is 35.5. The van der Waals surface area contributed by atoms with Crippen LogP contribution in [-0.2, 0) is 6.42 Å². The van der Waals surface area contributed by atoms with Crippen LogP contribution in [0.1, 0.15) is 19.5 Å². The zero-order valence-corrected chi connectivity index (χ0v) is 11.8. The van der Waals surface area contributed by atoms with Gasteiger partial charge in [0.15, 0.2) is 5.82 Å². The summed E-state index contributed by atoms with van der Waals surface area (Å²) >= 11 is 12.0. The molecule has 0 atom stereocenters. The lowest BCUT2D eigenvalue weighted by atomic mass is 10.1. The summed E-state index contributed by atoms with van der Waals surface area (Å²) in [7, 11) is 0.